The molecule has 3 rings (SSSR count). The number of aromatic nitrogens is 2. The Labute approximate surface area is 148 Å². The van der Waals surface area contributed by atoms with Gasteiger partial charge >= 0.3 is 0 Å². The fourth-order valence-electron chi connectivity index (χ4n) is 3.43. The van der Waals surface area contributed by atoms with Crippen molar-refractivity contribution in [1.29, 1.82) is 0 Å². The summed E-state index contributed by atoms with van der Waals surface area (Å²) in [7, 11) is 0. The fourth-order valence-corrected chi connectivity index (χ4v) is 4.14. The number of carbonyl (C=O) groups is 1. The van der Waals surface area contributed by atoms with Gasteiger partial charge in [-0.15, -0.1) is 11.3 Å². The van der Waals surface area contributed by atoms with Gasteiger partial charge in [-0.3, -0.25) is 4.79 Å². The Hall–Kier alpha value is -1.62. The number of carbonyl (C=O) groups excluding carboxylic acids is 1. The van der Waals surface area contributed by atoms with E-state index in [1.165, 1.54) is 23.5 Å². The van der Waals surface area contributed by atoms with E-state index in [-0.39, 0.29) is 0 Å². The Morgan fingerprint density at radius 3 is 2.92 bits per heavy atom. The summed E-state index contributed by atoms with van der Waals surface area (Å²) < 4.78 is 2.31. The molecule has 4 nitrogen and oxygen atoms in total. The number of aryl methyl sites for hydroxylation is 2. The van der Waals surface area contributed by atoms with Crippen LogP contribution in [0, 0.1) is 0 Å². The van der Waals surface area contributed by atoms with E-state index in [1.54, 1.807) is 11.3 Å². The molecule has 1 saturated heterocycles. The van der Waals surface area contributed by atoms with Crippen molar-refractivity contribution in [2.75, 3.05) is 13.1 Å². The largest absolute Gasteiger partial charge is 0.343 e. The average molecular weight is 346 g/mol. The molecule has 0 unspecified atom stereocenters. The summed E-state index contributed by atoms with van der Waals surface area (Å²) in [5, 5.41) is 2.08. The van der Waals surface area contributed by atoms with Gasteiger partial charge in [-0.25, -0.2) is 4.98 Å². The number of piperidine rings is 1. The van der Waals surface area contributed by atoms with Crippen molar-refractivity contribution in [3.63, 3.8) is 0 Å². The molecule has 0 atom stereocenters. The van der Waals surface area contributed by atoms with Crippen molar-refractivity contribution in [2.24, 2.45) is 0 Å². The molecule has 0 saturated carbocycles. The van der Waals surface area contributed by atoms with Crippen LogP contribution in [-0.2, 0) is 17.8 Å². The molecular formula is C19H27N3OS. The molecular weight excluding hydrogens is 318 g/mol. The second-order valence-corrected chi connectivity index (χ2v) is 7.60. The molecule has 2 aromatic heterocycles. The number of nitrogens with zero attached hydrogens (tertiary/aromatic N) is 3. The maximum absolute atomic E-state index is 12.4. The number of unbranched alkanes of at least 4 members (excludes halogenated alkanes) is 1. The number of hydrogen-bond acceptors (Lipinski definition) is 3. The first-order valence-electron chi connectivity index (χ1n) is 9.09. The minimum absolute atomic E-state index is 0.302. The highest BCUT2D eigenvalue weighted by Gasteiger charge is 2.26. The van der Waals surface area contributed by atoms with Gasteiger partial charge < -0.3 is 9.47 Å². The van der Waals surface area contributed by atoms with Crippen LogP contribution in [0.1, 0.15) is 55.6 Å². The molecule has 0 aliphatic carbocycles. The molecule has 0 N–H and O–H groups in total. The number of likely N-dealkylation sites (tertiary alicyclic amines) is 1. The molecule has 1 aliphatic heterocycles. The smallest absolute Gasteiger partial charge is 0.222 e. The monoisotopic (exact) mass is 345 g/mol. The van der Waals surface area contributed by atoms with Crippen LogP contribution in [0.5, 0.6) is 0 Å². The lowest BCUT2D eigenvalue weighted by molar-refractivity contribution is -0.132. The quantitative estimate of drug-likeness (QED) is 0.758. The van der Waals surface area contributed by atoms with Crippen LogP contribution in [0.15, 0.2) is 29.9 Å². The van der Waals surface area contributed by atoms with E-state index in [0.717, 1.165) is 38.9 Å². The summed E-state index contributed by atoms with van der Waals surface area (Å²) in [4.78, 5) is 20.3. The molecule has 1 amide bonds. The minimum Gasteiger partial charge on any atom is -0.343 e. The van der Waals surface area contributed by atoms with Crippen molar-refractivity contribution in [1.82, 2.24) is 14.5 Å². The highest BCUT2D eigenvalue weighted by Crippen LogP contribution is 2.27. The van der Waals surface area contributed by atoms with E-state index >= 15 is 0 Å². The SMILES string of the molecule is CCCCn1ccnc1C1CCN(C(=O)CCc2cccs2)CC1. The Kier molecular flexibility index (Phi) is 6.07. The Morgan fingerprint density at radius 2 is 2.21 bits per heavy atom. The zero-order valence-electron chi connectivity index (χ0n) is 14.5. The molecule has 3 heterocycles. The van der Waals surface area contributed by atoms with Crippen LogP contribution in [0.4, 0.5) is 0 Å². The number of amides is 1. The van der Waals surface area contributed by atoms with Crippen molar-refractivity contribution >= 4 is 17.2 Å². The number of imidazole rings is 1. The Morgan fingerprint density at radius 1 is 1.38 bits per heavy atom. The molecule has 0 aromatic carbocycles. The number of thiophene rings is 1. The molecule has 2 aromatic rings. The molecule has 24 heavy (non-hydrogen) atoms. The first kappa shape index (κ1) is 17.2. The van der Waals surface area contributed by atoms with Crippen LogP contribution in [0.3, 0.4) is 0 Å². The van der Waals surface area contributed by atoms with Gasteiger partial charge in [0.15, 0.2) is 0 Å². The summed E-state index contributed by atoms with van der Waals surface area (Å²) in [6, 6.07) is 4.16. The van der Waals surface area contributed by atoms with E-state index in [2.05, 4.69) is 40.2 Å². The van der Waals surface area contributed by atoms with Gasteiger partial charge in [-0.05, 0) is 37.1 Å². The van der Waals surface area contributed by atoms with E-state index in [4.69, 9.17) is 0 Å². The lowest BCUT2D eigenvalue weighted by Gasteiger charge is -2.32. The topological polar surface area (TPSA) is 38.1 Å². The van der Waals surface area contributed by atoms with Crippen LogP contribution >= 0.6 is 11.3 Å². The molecule has 5 heteroatoms. The van der Waals surface area contributed by atoms with Crippen molar-refractivity contribution < 1.29 is 4.79 Å². The third kappa shape index (κ3) is 4.26. The van der Waals surface area contributed by atoms with Gasteiger partial charge in [-0.2, -0.15) is 0 Å². The average Bonchev–Trinajstić information content (AvgIpc) is 3.29. The number of hydrogen-bond donors (Lipinski definition) is 0. The second kappa shape index (κ2) is 8.47. The van der Waals surface area contributed by atoms with Crippen molar-refractivity contribution in [3.05, 3.63) is 40.6 Å². The van der Waals surface area contributed by atoms with Gasteiger partial charge in [0.1, 0.15) is 5.82 Å². The maximum atomic E-state index is 12.4. The Bertz CT molecular complexity index is 627. The molecule has 0 radical (unpaired) electrons. The summed E-state index contributed by atoms with van der Waals surface area (Å²) in [5.74, 6) is 2.02. The Balaban J connectivity index is 1.48. The fraction of sp³-hybridized carbons (Fsp3) is 0.579. The minimum atomic E-state index is 0.302. The van der Waals surface area contributed by atoms with E-state index in [1.807, 2.05) is 11.1 Å². The van der Waals surface area contributed by atoms with Crippen LogP contribution in [0.2, 0.25) is 0 Å². The molecule has 1 fully saturated rings. The van der Waals surface area contributed by atoms with Gasteiger partial charge in [0.25, 0.3) is 0 Å². The van der Waals surface area contributed by atoms with Gasteiger partial charge in [0, 0.05) is 49.2 Å². The lowest BCUT2D eigenvalue weighted by Crippen LogP contribution is -2.38. The summed E-state index contributed by atoms with van der Waals surface area (Å²) >= 11 is 1.74. The third-order valence-corrected chi connectivity index (χ3v) is 5.81. The molecule has 0 bridgehead atoms. The lowest BCUT2D eigenvalue weighted by atomic mass is 9.95. The first-order chi connectivity index (χ1) is 11.8. The van der Waals surface area contributed by atoms with Crippen molar-refractivity contribution in [2.45, 2.75) is 57.9 Å². The van der Waals surface area contributed by atoms with E-state index in [0.29, 0.717) is 18.2 Å². The highest BCUT2D eigenvalue weighted by atomic mass is 32.1. The summed E-state index contributed by atoms with van der Waals surface area (Å²) in [6.45, 7) is 5.02. The summed E-state index contributed by atoms with van der Waals surface area (Å²) in [6.07, 6.45) is 10.0. The van der Waals surface area contributed by atoms with Gasteiger partial charge in [0.2, 0.25) is 5.91 Å². The van der Waals surface area contributed by atoms with E-state index < -0.39 is 0 Å². The van der Waals surface area contributed by atoms with Crippen molar-refractivity contribution in [3.8, 4) is 0 Å². The van der Waals surface area contributed by atoms with Gasteiger partial charge in [-0.1, -0.05) is 19.4 Å². The van der Waals surface area contributed by atoms with Gasteiger partial charge in [0.05, 0.1) is 0 Å². The van der Waals surface area contributed by atoms with Crippen LogP contribution < -0.4 is 0 Å². The number of rotatable bonds is 7. The second-order valence-electron chi connectivity index (χ2n) is 6.57. The highest BCUT2D eigenvalue weighted by molar-refractivity contribution is 7.09. The predicted molar refractivity (Wildman–Crippen MR) is 98.3 cm³/mol. The zero-order chi connectivity index (χ0) is 16.8. The maximum Gasteiger partial charge on any atom is 0.222 e. The molecule has 1 aliphatic rings. The first-order valence-corrected chi connectivity index (χ1v) is 9.97. The third-order valence-electron chi connectivity index (χ3n) is 4.88. The standard InChI is InChI=1S/C19H27N3OS/c1-2-3-11-22-14-10-20-19(22)16-8-12-21(13-9-16)18(23)7-6-17-5-4-15-24-17/h4-5,10,14-16H,2-3,6-9,11-13H2,1H3. The van der Waals surface area contributed by atoms with Crippen LogP contribution in [-0.4, -0.2) is 33.4 Å². The van der Waals surface area contributed by atoms with Crippen LogP contribution in [0.25, 0.3) is 0 Å². The van der Waals surface area contributed by atoms with E-state index in [9.17, 15) is 4.79 Å². The normalized spacial score (nSPS) is 15.8. The summed E-state index contributed by atoms with van der Waals surface area (Å²) in [5.41, 5.74) is 0. The molecule has 0 spiro atoms. The zero-order valence-corrected chi connectivity index (χ0v) is 15.3. The predicted octanol–water partition coefficient (Wildman–Crippen LogP) is 4.08. The molecule has 130 valence electrons.